The number of halogens is 1. The number of aromatic nitrogens is 2. The Labute approximate surface area is 135 Å². The number of nitrogens with zero attached hydrogens (tertiary/aromatic N) is 3. The molecule has 1 aliphatic rings. The predicted octanol–water partition coefficient (Wildman–Crippen LogP) is 2.01. The molecule has 0 saturated carbocycles. The van der Waals surface area contributed by atoms with Gasteiger partial charge in [-0.15, -0.1) is 0 Å². The topological polar surface area (TPSA) is 50.5 Å². The van der Waals surface area contributed by atoms with E-state index in [0.29, 0.717) is 11.6 Å². The van der Waals surface area contributed by atoms with E-state index in [1.165, 1.54) is 0 Å². The minimum atomic E-state index is -0.276. The Morgan fingerprint density at radius 3 is 2.91 bits per heavy atom. The van der Waals surface area contributed by atoms with Crippen LogP contribution in [0, 0.1) is 0 Å². The minimum absolute atomic E-state index is 0.0300. The smallest absolute Gasteiger partial charge is 0.100 e. The molecule has 2 heterocycles. The van der Waals surface area contributed by atoms with E-state index in [0.717, 1.165) is 24.3 Å². The summed E-state index contributed by atoms with van der Waals surface area (Å²) in [6.07, 6.45) is 3.39. The number of hydrogen-bond acceptors (Lipinski definition) is 4. The molecule has 0 unspecified atom stereocenters. The van der Waals surface area contributed by atoms with Crippen LogP contribution in [0.25, 0.3) is 0 Å². The molecule has 1 aromatic heterocycles. The molecular formula is C16H20ClN3O2. The second-order valence-corrected chi connectivity index (χ2v) is 5.93. The van der Waals surface area contributed by atoms with Crippen LogP contribution in [-0.4, -0.2) is 45.4 Å². The molecular weight excluding hydrogens is 302 g/mol. The van der Waals surface area contributed by atoms with Crippen LogP contribution in [0.3, 0.4) is 0 Å². The molecule has 118 valence electrons. The van der Waals surface area contributed by atoms with Crippen molar-refractivity contribution in [2.45, 2.75) is 18.7 Å². The molecule has 1 fully saturated rings. The van der Waals surface area contributed by atoms with Crippen molar-refractivity contribution in [1.29, 1.82) is 0 Å². The number of aliphatic hydroxyl groups is 1. The molecule has 6 heteroatoms. The molecule has 22 heavy (non-hydrogen) atoms. The second kappa shape index (κ2) is 6.79. The van der Waals surface area contributed by atoms with Gasteiger partial charge in [0.15, 0.2) is 0 Å². The zero-order valence-corrected chi connectivity index (χ0v) is 13.3. The highest BCUT2D eigenvalue weighted by Gasteiger charge is 2.34. The maximum absolute atomic E-state index is 9.70. The highest BCUT2D eigenvalue weighted by molar-refractivity contribution is 6.31. The van der Waals surface area contributed by atoms with Gasteiger partial charge in [0.1, 0.15) is 6.10 Å². The molecule has 0 amide bonds. The first-order valence-corrected chi connectivity index (χ1v) is 7.74. The lowest BCUT2D eigenvalue weighted by molar-refractivity contribution is -0.0965. The average molecular weight is 322 g/mol. The van der Waals surface area contributed by atoms with E-state index in [2.05, 4.69) is 9.88 Å². The highest BCUT2D eigenvalue weighted by Crippen LogP contribution is 2.34. The third-order valence-corrected chi connectivity index (χ3v) is 4.49. The fourth-order valence-electron chi connectivity index (χ4n) is 2.97. The van der Waals surface area contributed by atoms with Crippen molar-refractivity contribution in [3.8, 4) is 0 Å². The lowest BCUT2D eigenvalue weighted by Gasteiger charge is -2.41. The summed E-state index contributed by atoms with van der Waals surface area (Å²) < 4.78 is 7.76. The first-order valence-electron chi connectivity index (χ1n) is 7.37. The summed E-state index contributed by atoms with van der Waals surface area (Å²) in [5, 5.41) is 10.4. The van der Waals surface area contributed by atoms with E-state index in [1.807, 2.05) is 42.1 Å². The SMILES string of the molecule is Cn1cncc1CN1CCO[C@@H](CO)[C@@H]1c1ccccc1Cl. The number of aliphatic hydroxyl groups excluding tert-OH is 1. The van der Waals surface area contributed by atoms with Crippen molar-refractivity contribution < 1.29 is 9.84 Å². The summed E-state index contributed by atoms with van der Waals surface area (Å²) in [6, 6.07) is 7.69. The van der Waals surface area contributed by atoms with Crippen molar-refractivity contribution in [2.75, 3.05) is 19.8 Å². The van der Waals surface area contributed by atoms with E-state index in [1.54, 1.807) is 6.33 Å². The molecule has 0 aliphatic carbocycles. The van der Waals surface area contributed by atoms with Crippen molar-refractivity contribution in [3.63, 3.8) is 0 Å². The van der Waals surface area contributed by atoms with E-state index >= 15 is 0 Å². The van der Waals surface area contributed by atoms with Gasteiger partial charge >= 0.3 is 0 Å². The van der Waals surface area contributed by atoms with Crippen LogP contribution in [0.4, 0.5) is 0 Å². The summed E-state index contributed by atoms with van der Waals surface area (Å²) >= 11 is 6.38. The van der Waals surface area contributed by atoms with Gasteiger partial charge in [0.25, 0.3) is 0 Å². The standard InChI is InChI=1S/C16H20ClN3O2/c1-19-11-18-8-12(19)9-20-6-7-22-15(10-21)16(20)13-4-2-3-5-14(13)17/h2-5,8,11,15-16,21H,6-7,9-10H2,1H3/t15-,16-/m0/s1. The highest BCUT2D eigenvalue weighted by atomic mass is 35.5. The van der Waals surface area contributed by atoms with E-state index in [4.69, 9.17) is 16.3 Å². The van der Waals surface area contributed by atoms with Gasteiger partial charge in [0.05, 0.1) is 31.3 Å². The summed E-state index contributed by atoms with van der Waals surface area (Å²) in [6.45, 7) is 2.10. The fraction of sp³-hybridized carbons (Fsp3) is 0.438. The predicted molar refractivity (Wildman–Crippen MR) is 84.6 cm³/mol. The molecule has 1 aromatic carbocycles. The molecule has 1 saturated heterocycles. The van der Waals surface area contributed by atoms with E-state index < -0.39 is 0 Å². The second-order valence-electron chi connectivity index (χ2n) is 5.52. The minimum Gasteiger partial charge on any atom is -0.394 e. The molecule has 0 spiro atoms. The zero-order chi connectivity index (χ0) is 15.5. The van der Waals surface area contributed by atoms with Gasteiger partial charge in [-0.1, -0.05) is 29.8 Å². The van der Waals surface area contributed by atoms with Crippen molar-refractivity contribution in [1.82, 2.24) is 14.5 Å². The van der Waals surface area contributed by atoms with Crippen LogP contribution in [0.1, 0.15) is 17.3 Å². The van der Waals surface area contributed by atoms with Gasteiger partial charge in [-0.3, -0.25) is 4.90 Å². The Balaban J connectivity index is 1.92. The Morgan fingerprint density at radius 1 is 1.41 bits per heavy atom. The first-order chi connectivity index (χ1) is 10.7. The number of ether oxygens (including phenoxy) is 1. The summed E-state index contributed by atoms with van der Waals surface area (Å²) in [5.41, 5.74) is 2.11. The van der Waals surface area contributed by atoms with Crippen LogP contribution in [0.5, 0.6) is 0 Å². The number of aryl methyl sites for hydroxylation is 1. The maximum Gasteiger partial charge on any atom is 0.100 e. The van der Waals surface area contributed by atoms with Gasteiger partial charge < -0.3 is 14.4 Å². The van der Waals surface area contributed by atoms with Gasteiger partial charge in [0.2, 0.25) is 0 Å². The number of rotatable bonds is 4. The van der Waals surface area contributed by atoms with Crippen LogP contribution < -0.4 is 0 Å². The number of imidazole rings is 1. The average Bonchev–Trinajstić information content (AvgIpc) is 2.93. The maximum atomic E-state index is 9.70. The Morgan fingerprint density at radius 2 is 2.23 bits per heavy atom. The van der Waals surface area contributed by atoms with Crippen LogP contribution in [0.15, 0.2) is 36.8 Å². The normalized spacial score (nSPS) is 22.9. The zero-order valence-electron chi connectivity index (χ0n) is 12.5. The lowest BCUT2D eigenvalue weighted by atomic mass is 9.98. The molecule has 3 rings (SSSR count). The van der Waals surface area contributed by atoms with E-state index in [-0.39, 0.29) is 18.8 Å². The fourth-order valence-corrected chi connectivity index (χ4v) is 3.22. The number of benzene rings is 1. The van der Waals surface area contributed by atoms with Crippen LogP contribution in [-0.2, 0) is 18.3 Å². The summed E-state index contributed by atoms with van der Waals surface area (Å²) in [4.78, 5) is 6.47. The quantitative estimate of drug-likeness (QED) is 0.936. The third-order valence-electron chi connectivity index (χ3n) is 4.14. The van der Waals surface area contributed by atoms with Crippen LogP contribution in [0.2, 0.25) is 5.02 Å². The molecule has 1 N–H and O–H groups in total. The third kappa shape index (κ3) is 3.03. The molecule has 2 atom stereocenters. The van der Waals surface area contributed by atoms with Crippen molar-refractivity contribution >= 4 is 11.6 Å². The lowest BCUT2D eigenvalue weighted by Crippen LogP contribution is -2.46. The Kier molecular flexibility index (Phi) is 4.78. The molecule has 0 bridgehead atoms. The Bertz CT molecular complexity index is 631. The van der Waals surface area contributed by atoms with Gasteiger partial charge in [-0.2, -0.15) is 0 Å². The summed E-state index contributed by atoms with van der Waals surface area (Å²) in [7, 11) is 1.98. The first kappa shape index (κ1) is 15.5. The van der Waals surface area contributed by atoms with Gasteiger partial charge in [-0.05, 0) is 11.6 Å². The van der Waals surface area contributed by atoms with E-state index in [9.17, 15) is 5.11 Å². The molecule has 5 nitrogen and oxygen atoms in total. The van der Waals surface area contributed by atoms with Gasteiger partial charge in [0, 0.05) is 31.4 Å². The monoisotopic (exact) mass is 321 g/mol. The summed E-state index contributed by atoms with van der Waals surface area (Å²) in [5.74, 6) is 0. The van der Waals surface area contributed by atoms with Crippen LogP contribution >= 0.6 is 11.6 Å². The van der Waals surface area contributed by atoms with Crippen molar-refractivity contribution in [3.05, 3.63) is 53.1 Å². The molecule has 2 aromatic rings. The van der Waals surface area contributed by atoms with Gasteiger partial charge in [-0.25, -0.2) is 4.98 Å². The largest absolute Gasteiger partial charge is 0.394 e. The number of hydrogen-bond donors (Lipinski definition) is 1. The van der Waals surface area contributed by atoms with Crippen molar-refractivity contribution in [2.24, 2.45) is 7.05 Å². The Hall–Kier alpha value is -1.40. The number of morpholine rings is 1. The molecule has 0 radical (unpaired) electrons. The molecule has 1 aliphatic heterocycles.